The average molecular weight is 181 g/mol. The van der Waals surface area contributed by atoms with E-state index < -0.39 is 5.97 Å². The molecule has 70 valence electrons. The lowest BCUT2D eigenvalue weighted by Gasteiger charge is -2.02. The Morgan fingerprint density at radius 1 is 1.31 bits per heavy atom. The van der Waals surface area contributed by atoms with E-state index in [1.807, 2.05) is 0 Å². The molecular formula is C9H11NO3. The van der Waals surface area contributed by atoms with Gasteiger partial charge in [0, 0.05) is 14.0 Å². The summed E-state index contributed by atoms with van der Waals surface area (Å²) in [4.78, 5) is 22.1. The van der Waals surface area contributed by atoms with E-state index in [1.165, 1.54) is 18.6 Å². The molecule has 0 radical (unpaired) electrons. The molecule has 1 rings (SSSR count). The summed E-state index contributed by atoms with van der Waals surface area (Å²) in [5.74, 6) is -0.507. The lowest BCUT2D eigenvalue weighted by atomic mass is 10.3. The normalized spacial score (nSPS) is 9.77. The number of methoxy groups -OCH3 is 1. The van der Waals surface area contributed by atoms with Gasteiger partial charge >= 0.3 is 5.97 Å². The van der Waals surface area contributed by atoms with Crippen molar-refractivity contribution < 1.29 is 14.3 Å². The predicted octanol–water partition coefficient (Wildman–Crippen LogP) is 1.01. The Bertz CT molecular complexity index is 352. The number of aromatic nitrogens is 1. The standard InChI is InChI=1S/C9H11NO3/c1-6(11)7-4-5-8(10(7)2)9(12)13-3/h4-5H,1-3H3. The lowest BCUT2D eigenvalue weighted by molar-refractivity contribution is 0.0590. The molecule has 0 aliphatic carbocycles. The smallest absolute Gasteiger partial charge is 0.354 e. The van der Waals surface area contributed by atoms with Crippen molar-refractivity contribution in [3.63, 3.8) is 0 Å². The van der Waals surface area contributed by atoms with Crippen molar-refractivity contribution in [2.24, 2.45) is 7.05 Å². The van der Waals surface area contributed by atoms with E-state index in [2.05, 4.69) is 4.74 Å². The van der Waals surface area contributed by atoms with Gasteiger partial charge in [0.1, 0.15) is 5.69 Å². The monoisotopic (exact) mass is 181 g/mol. The first-order chi connectivity index (χ1) is 6.07. The summed E-state index contributed by atoms with van der Waals surface area (Å²) >= 11 is 0. The fourth-order valence-electron chi connectivity index (χ4n) is 1.17. The van der Waals surface area contributed by atoms with E-state index in [-0.39, 0.29) is 5.78 Å². The molecule has 0 unspecified atom stereocenters. The summed E-state index contributed by atoms with van der Waals surface area (Å²) in [6, 6.07) is 3.18. The van der Waals surface area contributed by atoms with Crippen LogP contribution in [0.25, 0.3) is 0 Å². The van der Waals surface area contributed by atoms with Crippen LogP contribution in [0.2, 0.25) is 0 Å². The minimum absolute atomic E-state index is 0.0716. The fourth-order valence-corrected chi connectivity index (χ4v) is 1.17. The van der Waals surface area contributed by atoms with E-state index in [0.717, 1.165) is 0 Å². The first-order valence-corrected chi connectivity index (χ1v) is 3.83. The van der Waals surface area contributed by atoms with Crippen LogP contribution in [0.4, 0.5) is 0 Å². The van der Waals surface area contributed by atoms with E-state index in [1.54, 1.807) is 19.2 Å². The van der Waals surface area contributed by atoms with Crippen molar-refractivity contribution in [2.75, 3.05) is 7.11 Å². The topological polar surface area (TPSA) is 48.3 Å². The fraction of sp³-hybridized carbons (Fsp3) is 0.333. The quantitative estimate of drug-likeness (QED) is 0.505. The van der Waals surface area contributed by atoms with Crippen LogP contribution in [-0.4, -0.2) is 23.4 Å². The molecule has 1 aromatic heterocycles. The van der Waals surface area contributed by atoms with Crippen LogP contribution in [0.1, 0.15) is 27.9 Å². The van der Waals surface area contributed by atoms with Crippen molar-refractivity contribution in [1.82, 2.24) is 4.57 Å². The first-order valence-electron chi connectivity index (χ1n) is 3.83. The highest BCUT2D eigenvalue weighted by Crippen LogP contribution is 2.08. The number of carbonyl (C=O) groups excluding carboxylic acids is 2. The van der Waals surface area contributed by atoms with Gasteiger partial charge in [-0.3, -0.25) is 4.79 Å². The Morgan fingerprint density at radius 2 is 1.85 bits per heavy atom. The largest absolute Gasteiger partial charge is 0.464 e. The molecule has 1 heterocycles. The molecule has 4 nitrogen and oxygen atoms in total. The molecule has 0 atom stereocenters. The number of ketones is 1. The number of rotatable bonds is 2. The zero-order valence-electron chi connectivity index (χ0n) is 7.83. The highest BCUT2D eigenvalue weighted by molar-refractivity contribution is 5.96. The van der Waals surface area contributed by atoms with Gasteiger partial charge in [-0.2, -0.15) is 0 Å². The van der Waals surface area contributed by atoms with Crippen molar-refractivity contribution in [1.29, 1.82) is 0 Å². The summed E-state index contributed by atoms with van der Waals surface area (Å²) in [5.41, 5.74) is 0.883. The van der Waals surface area contributed by atoms with Crippen LogP contribution in [-0.2, 0) is 11.8 Å². The highest BCUT2D eigenvalue weighted by Gasteiger charge is 2.14. The Morgan fingerprint density at radius 3 is 2.23 bits per heavy atom. The lowest BCUT2D eigenvalue weighted by Crippen LogP contribution is -2.10. The van der Waals surface area contributed by atoms with E-state index >= 15 is 0 Å². The van der Waals surface area contributed by atoms with Gasteiger partial charge in [0.25, 0.3) is 0 Å². The van der Waals surface area contributed by atoms with Gasteiger partial charge in [-0.05, 0) is 12.1 Å². The second-order valence-corrected chi connectivity index (χ2v) is 2.71. The van der Waals surface area contributed by atoms with Gasteiger partial charge in [0.2, 0.25) is 0 Å². The van der Waals surface area contributed by atoms with Crippen LogP contribution in [0.15, 0.2) is 12.1 Å². The summed E-state index contributed by atoms with van der Waals surface area (Å²) in [6.45, 7) is 1.45. The van der Waals surface area contributed by atoms with Gasteiger partial charge in [0.15, 0.2) is 5.78 Å². The molecule has 0 saturated carbocycles. The van der Waals surface area contributed by atoms with Gasteiger partial charge in [-0.1, -0.05) is 0 Å². The second kappa shape index (κ2) is 3.43. The number of Topliss-reactive ketones (excluding diaryl/α,β-unsaturated/α-hetero) is 1. The van der Waals surface area contributed by atoms with Crippen molar-refractivity contribution in [2.45, 2.75) is 6.92 Å². The third-order valence-corrected chi connectivity index (χ3v) is 1.88. The minimum Gasteiger partial charge on any atom is -0.464 e. The van der Waals surface area contributed by atoms with E-state index in [9.17, 15) is 9.59 Å². The molecule has 0 aliphatic rings. The van der Waals surface area contributed by atoms with Crippen LogP contribution in [0.3, 0.4) is 0 Å². The number of hydrogen-bond donors (Lipinski definition) is 0. The number of nitrogens with zero attached hydrogens (tertiary/aromatic N) is 1. The van der Waals surface area contributed by atoms with Crippen LogP contribution >= 0.6 is 0 Å². The summed E-state index contributed by atoms with van der Waals surface area (Å²) in [6.07, 6.45) is 0. The summed E-state index contributed by atoms with van der Waals surface area (Å²) in [7, 11) is 2.96. The molecule has 0 aromatic carbocycles. The van der Waals surface area contributed by atoms with E-state index in [4.69, 9.17) is 0 Å². The zero-order valence-corrected chi connectivity index (χ0v) is 7.83. The van der Waals surface area contributed by atoms with Crippen molar-refractivity contribution in [3.05, 3.63) is 23.5 Å². The molecule has 0 aliphatic heterocycles. The van der Waals surface area contributed by atoms with Gasteiger partial charge in [0.05, 0.1) is 12.8 Å². The molecule has 0 saturated heterocycles. The zero-order chi connectivity index (χ0) is 10.0. The van der Waals surface area contributed by atoms with Crippen LogP contribution in [0.5, 0.6) is 0 Å². The number of esters is 1. The predicted molar refractivity (Wildman–Crippen MR) is 46.8 cm³/mol. The molecule has 0 spiro atoms. The molecule has 0 N–H and O–H groups in total. The number of ether oxygens (including phenoxy) is 1. The average Bonchev–Trinajstić information content (AvgIpc) is 2.46. The second-order valence-electron chi connectivity index (χ2n) is 2.71. The minimum atomic E-state index is -0.435. The third kappa shape index (κ3) is 1.61. The van der Waals surface area contributed by atoms with Crippen LogP contribution in [0, 0.1) is 0 Å². The molecule has 0 bridgehead atoms. The third-order valence-electron chi connectivity index (χ3n) is 1.88. The molecule has 13 heavy (non-hydrogen) atoms. The van der Waals surface area contributed by atoms with Gasteiger partial charge in [-0.15, -0.1) is 0 Å². The number of carbonyl (C=O) groups is 2. The summed E-state index contributed by atoms with van der Waals surface area (Å²) in [5, 5.41) is 0. The summed E-state index contributed by atoms with van der Waals surface area (Å²) < 4.78 is 6.06. The molecule has 4 heteroatoms. The Hall–Kier alpha value is -1.58. The first kappa shape index (κ1) is 9.51. The maximum atomic E-state index is 11.1. The SMILES string of the molecule is COC(=O)c1ccc(C(C)=O)n1C. The van der Waals surface area contributed by atoms with Gasteiger partial charge < -0.3 is 9.30 Å². The Labute approximate surface area is 76.1 Å². The highest BCUT2D eigenvalue weighted by atomic mass is 16.5. The Balaban J connectivity index is 3.13. The maximum absolute atomic E-state index is 11.1. The Kier molecular flexibility index (Phi) is 2.51. The molecule has 1 aromatic rings. The van der Waals surface area contributed by atoms with Crippen LogP contribution < -0.4 is 0 Å². The van der Waals surface area contributed by atoms with Crippen molar-refractivity contribution in [3.8, 4) is 0 Å². The number of hydrogen-bond acceptors (Lipinski definition) is 3. The van der Waals surface area contributed by atoms with Crippen molar-refractivity contribution >= 4 is 11.8 Å². The molecular weight excluding hydrogens is 170 g/mol. The van der Waals surface area contributed by atoms with E-state index in [0.29, 0.717) is 11.4 Å². The molecule has 0 fully saturated rings. The van der Waals surface area contributed by atoms with Gasteiger partial charge in [-0.25, -0.2) is 4.79 Å². The molecule has 0 amide bonds. The maximum Gasteiger partial charge on any atom is 0.354 e.